The Kier molecular flexibility index (Phi) is 25.3. The predicted octanol–water partition coefficient (Wildman–Crippen LogP) is -1.56. The molecule has 2 aromatic carbocycles. The van der Waals surface area contributed by atoms with Crippen molar-refractivity contribution in [2.24, 2.45) is 17.6 Å². The number of aliphatic carboxylic acids is 1. The van der Waals surface area contributed by atoms with Crippen LogP contribution in [0.25, 0.3) is 0 Å². The molecule has 27 heteroatoms. The van der Waals surface area contributed by atoms with Crippen molar-refractivity contribution >= 4 is 71.2 Å². The summed E-state index contributed by atoms with van der Waals surface area (Å²) in [6, 6.07) is 3.79. The number of amides is 7. The van der Waals surface area contributed by atoms with E-state index in [-0.39, 0.29) is 18.6 Å². The van der Waals surface area contributed by atoms with Gasteiger partial charge in [0.1, 0.15) is 54.7 Å². The molecule has 2 aromatic rings. The predicted molar refractivity (Wildman–Crippen MR) is 275 cm³/mol. The summed E-state index contributed by atoms with van der Waals surface area (Å²) < 4.78 is 27.9. The van der Waals surface area contributed by atoms with Gasteiger partial charge in [-0.15, -0.1) is 0 Å². The van der Waals surface area contributed by atoms with Gasteiger partial charge in [0.25, 0.3) is 0 Å². The molecule has 7 amide bonds. The van der Waals surface area contributed by atoms with Crippen LogP contribution < -0.4 is 43.0 Å². The number of carbonyl (C=O) groups is 12. The van der Waals surface area contributed by atoms with Crippen molar-refractivity contribution in [1.82, 2.24) is 37.2 Å². The Morgan fingerprint density at radius 2 is 0.987 bits per heavy atom. The van der Waals surface area contributed by atoms with E-state index < -0.39 is 169 Å². The normalized spacial score (nSPS) is 19.5. The van der Waals surface area contributed by atoms with E-state index in [0.717, 1.165) is 27.7 Å². The van der Waals surface area contributed by atoms with Gasteiger partial charge >= 0.3 is 29.8 Å². The van der Waals surface area contributed by atoms with Gasteiger partial charge in [-0.1, -0.05) is 70.2 Å². The van der Waals surface area contributed by atoms with Crippen molar-refractivity contribution in [2.75, 3.05) is 6.61 Å². The molecule has 12 atom stereocenters. The fraction of sp³-hybridized carbons (Fsp3) is 0.538. The van der Waals surface area contributed by atoms with Crippen LogP contribution in [0.1, 0.15) is 86.8 Å². The number of rotatable bonds is 28. The molecule has 27 nitrogen and oxygen atoms in total. The minimum absolute atomic E-state index is 0.119. The molecule has 0 saturated carbocycles. The summed E-state index contributed by atoms with van der Waals surface area (Å²) in [4.78, 5) is 157. The molecule has 79 heavy (non-hydrogen) atoms. The Labute approximate surface area is 455 Å². The number of benzene rings is 2. The largest absolute Gasteiger partial charge is 0.508 e. The molecule has 0 bridgehead atoms. The third kappa shape index (κ3) is 21.3. The van der Waals surface area contributed by atoms with Crippen molar-refractivity contribution in [3.8, 4) is 5.75 Å². The van der Waals surface area contributed by atoms with E-state index in [1.807, 2.05) is 0 Å². The summed E-state index contributed by atoms with van der Waals surface area (Å²) in [6.07, 6.45) is -9.29. The lowest BCUT2D eigenvalue weighted by molar-refractivity contribution is -0.258. The molecular formula is C52H72N8O19. The van der Waals surface area contributed by atoms with Crippen LogP contribution in [0.15, 0.2) is 54.6 Å². The van der Waals surface area contributed by atoms with Crippen LogP contribution in [0.5, 0.6) is 5.75 Å². The van der Waals surface area contributed by atoms with E-state index in [0.29, 0.717) is 11.1 Å². The van der Waals surface area contributed by atoms with Crippen LogP contribution in [0.2, 0.25) is 0 Å². The molecule has 0 unspecified atom stereocenters. The molecule has 11 N–H and O–H groups in total. The molecule has 0 aliphatic carbocycles. The number of carbonyl (C=O) groups excluding carboxylic acids is 11. The number of carboxylic acids is 1. The molecule has 1 saturated heterocycles. The molecule has 1 fully saturated rings. The topological polar surface area (TPSA) is 402 Å². The van der Waals surface area contributed by atoms with Crippen LogP contribution in [0.4, 0.5) is 0 Å². The van der Waals surface area contributed by atoms with Crippen molar-refractivity contribution in [3.63, 3.8) is 0 Å². The molecule has 3 rings (SSSR count). The highest BCUT2D eigenvalue weighted by Gasteiger charge is 2.53. The second-order valence-corrected chi connectivity index (χ2v) is 19.4. The van der Waals surface area contributed by atoms with Crippen LogP contribution in [0, 0.1) is 11.8 Å². The minimum Gasteiger partial charge on any atom is -0.508 e. The Morgan fingerprint density at radius 1 is 0.532 bits per heavy atom. The lowest BCUT2D eigenvalue weighted by Gasteiger charge is -2.45. The lowest BCUT2D eigenvalue weighted by atomic mass is 9.96. The average molecular weight is 1110 g/mol. The number of ether oxygens (including phenoxy) is 5. The minimum atomic E-state index is -1.85. The summed E-state index contributed by atoms with van der Waals surface area (Å²) in [5.41, 5.74) is 6.20. The second-order valence-electron chi connectivity index (χ2n) is 19.4. The number of hydrogen-bond acceptors (Lipinski definition) is 19. The van der Waals surface area contributed by atoms with Crippen LogP contribution in [0.3, 0.4) is 0 Å². The molecule has 1 heterocycles. The molecule has 1 aliphatic rings. The zero-order valence-electron chi connectivity index (χ0n) is 45.5. The Bertz CT molecular complexity index is 2510. The first kappa shape index (κ1) is 65.1. The quantitative estimate of drug-likeness (QED) is 0.0340. The number of hydrogen-bond donors (Lipinski definition) is 10. The number of esters is 4. The molecule has 0 radical (unpaired) electrons. The van der Waals surface area contributed by atoms with Crippen LogP contribution >= 0.6 is 0 Å². The average Bonchev–Trinajstić information content (AvgIpc) is 3.39. The number of phenols is 1. The maximum atomic E-state index is 14.5. The summed E-state index contributed by atoms with van der Waals surface area (Å²) in [5, 5.41) is 37.7. The fourth-order valence-electron chi connectivity index (χ4n) is 7.99. The van der Waals surface area contributed by atoms with Crippen LogP contribution in [-0.2, 0) is 94.1 Å². The van der Waals surface area contributed by atoms with Gasteiger partial charge in [0.15, 0.2) is 24.5 Å². The first-order valence-corrected chi connectivity index (χ1v) is 25.2. The molecule has 434 valence electrons. The fourth-order valence-corrected chi connectivity index (χ4v) is 7.99. The summed E-state index contributed by atoms with van der Waals surface area (Å²) in [5.74, 6) is -12.8. The summed E-state index contributed by atoms with van der Waals surface area (Å²) in [6.45, 7) is 12.6. The zero-order chi connectivity index (χ0) is 59.4. The van der Waals surface area contributed by atoms with Gasteiger partial charge in [-0.2, -0.15) is 0 Å². The number of nitrogens with one attached hydrogen (secondary N) is 7. The second kappa shape index (κ2) is 30.7. The van der Waals surface area contributed by atoms with Gasteiger partial charge in [-0.25, -0.2) is 0 Å². The third-order valence-corrected chi connectivity index (χ3v) is 12.0. The molecule has 0 aromatic heterocycles. The van der Waals surface area contributed by atoms with E-state index in [1.165, 1.54) is 38.1 Å². The first-order valence-electron chi connectivity index (χ1n) is 25.2. The van der Waals surface area contributed by atoms with Crippen molar-refractivity contribution in [3.05, 3.63) is 65.7 Å². The maximum Gasteiger partial charge on any atom is 0.305 e. The zero-order valence-corrected chi connectivity index (χ0v) is 45.5. The maximum absolute atomic E-state index is 14.5. The highest BCUT2D eigenvalue weighted by atomic mass is 16.7. The lowest BCUT2D eigenvalue weighted by Crippen LogP contribution is -2.68. The van der Waals surface area contributed by atoms with Gasteiger partial charge < -0.3 is 71.5 Å². The monoisotopic (exact) mass is 1110 g/mol. The van der Waals surface area contributed by atoms with E-state index >= 15 is 0 Å². The van der Waals surface area contributed by atoms with Crippen LogP contribution in [-0.4, -0.2) is 161 Å². The van der Waals surface area contributed by atoms with Crippen molar-refractivity contribution < 1.29 is 91.4 Å². The van der Waals surface area contributed by atoms with E-state index in [4.69, 9.17) is 29.4 Å². The van der Waals surface area contributed by atoms with E-state index in [2.05, 4.69) is 37.2 Å². The van der Waals surface area contributed by atoms with Gasteiger partial charge in [0, 0.05) is 34.1 Å². The van der Waals surface area contributed by atoms with Crippen molar-refractivity contribution in [1.29, 1.82) is 0 Å². The summed E-state index contributed by atoms with van der Waals surface area (Å²) in [7, 11) is 0. The SMILES string of the molecule is CC(=O)OC[C@H]1O[C@H](N[C@@H](Cc2ccc(O)cc2)C(=O)N[C@H](C)C(=O)N[C@@H](Cc2ccccc2)C(=O)N[C@@H](CC(=O)O)C(=O)N[C@H](C(=O)N[C@H](C(=O)N[C@@H](C)C(N)=O)C(C)C)C(C)C)[C@H](OC(C)=O)[C@@H](OC(C)=O)[C@H]1OC(C)=O. The smallest absolute Gasteiger partial charge is 0.305 e. The number of carboxylic acid groups (broad SMARTS) is 1. The van der Waals surface area contributed by atoms with E-state index in [9.17, 15) is 67.7 Å². The van der Waals surface area contributed by atoms with Gasteiger partial charge in [0.05, 0.1) is 12.5 Å². The molecular weight excluding hydrogens is 1040 g/mol. The Balaban J connectivity index is 1.98. The molecule has 0 spiro atoms. The number of nitrogens with two attached hydrogens (primary N) is 1. The summed E-state index contributed by atoms with van der Waals surface area (Å²) >= 11 is 0. The highest BCUT2D eigenvalue weighted by Crippen LogP contribution is 2.29. The number of aromatic hydroxyl groups is 1. The number of primary amides is 1. The van der Waals surface area contributed by atoms with Gasteiger partial charge in [-0.05, 0) is 55.4 Å². The first-order chi connectivity index (χ1) is 37.0. The Hall–Kier alpha value is -8.20. The van der Waals surface area contributed by atoms with Crippen molar-refractivity contribution in [2.45, 2.75) is 161 Å². The third-order valence-electron chi connectivity index (χ3n) is 12.0. The van der Waals surface area contributed by atoms with E-state index in [1.54, 1.807) is 58.0 Å². The van der Waals surface area contributed by atoms with Gasteiger partial charge in [-0.3, -0.25) is 62.9 Å². The van der Waals surface area contributed by atoms with Gasteiger partial charge in [0.2, 0.25) is 41.4 Å². The highest BCUT2D eigenvalue weighted by molar-refractivity contribution is 5.98. The number of phenolic OH excluding ortho intramolecular Hbond substituents is 1. The molecule has 1 aliphatic heterocycles. The standard InChI is InChI=1S/C52H72N8O19/c1-24(2)40(50(73)54-26(5)45(53)68)60-51(74)41(25(3)4)59-49(72)37(22-39(66)67)57-48(71)35(20-32-14-12-11-13-15-32)56-46(69)27(6)55-47(70)36(21-33-16-18-34(65)19-17-33)58-52-44(78-31(10)64)43(77-30(9)63)42(76-29(8)62)38(79-52)23-75-28(7)61/h11-19,24-27,35-38,40-44,52,58,65H,20-23H2,1-10H3,(H2,53,68)(H,54,73)(H,55,70)(H,56,69)(H,57,71)(H,59,72)(H,60,74)(H,66,67)/t26-,27+,35-,36-,37-,38+,40-,41-,42-,43-,44+,52-/m0/s1. The Morgan fingerprint density at radius 3 is 1.51 bits per heavy atom.